The molecule has 0 saturated heterocycles. The summed E-state index contributed by atoms with van der Waals surface area (Å²) in [6.07, 6.45) is 2.02. The summed E-state index contributed by atoms with van der Waals surface area (Å²) in [5.74, 6) is 2.26. The molecule has 0 atom stereocenters. The van der Waals surface area contributed by atoms with Gasteiger partial charge in [-0.15, -0.1) is 0 Å². The van der Waals surface area contributed by atoms with E-state index >= 15 is 0 Å². The Balaban J connectivity index is 1.97. The van der Waals surface area contributed by atoms with E-state index in [0.717, 1.165) is 17.3 Å². The normalized spacial score (nSPS) is 10.6. The molecule has 0 unspecified atom stereocenters. The first-order valence-electron chi connectivity index (χ1n) is 5.44. The van der Waals surface area contributed by atoms with Gasteiger partial charge in [0.15, 0.2) is 0 Å². The molecule has 0 fully saturated rings. The maximum Gasteiger partial charge on any atom is 0.126 e. The third kappa shape index (κ3) is 3.68. The number of halogens is 2. The molecule has 2 aromatic rings. The average Bonchev–Trinajstić information content (AvgIpc) is 2.74. The van der Waals surface area contributed by atoms with Gasteiger partial charge < -0.3 is 9.73 Å². The molecule has 18 heavy (non-hydrogen) atoms. The number of benzene rings is 1. The first-order chi connectivity index (χ1) is 8.67. The molecule has 2 rings (SSSR count). The molecule has 1 aromatic carbocycles. The standard InChI is InChI=1S/C13H13ClFNOS/c1-18-8-13-3-2-12(17-13)7-16-11-5-9(14)4-10(15)6-11/h2-6,16H,7-8H2,1H3. The van der Waals surface area contributed by atoms with Gasteiger partial charge in [-0.1, -0.05) is 11.6 Å². The largest absolute Gasteiger partial charge is 0.463 e. The van der Waals surface area contributed by atoms with E-state index in [1.807, 2.05) is 18.4 Å². The summed E-state index contributed by atoms with van der Waals surface area (Å²) < 4.78 is 18.7. The van der Waals surface area contributed by atoms with Gasteiger partial charge in [0, 0.05) is 10.7 Å². The molecule has 1 N–H and O–H groups in total. The number of anilines is 1. The summed E-state index contributed by atoms with van der Waals surface area (Å²) >= 11 is 7.48. The van der Waals surface area contributed by atoms with Crippen LogP contribution in [0, 0.1) is 5.82 Å². The molecule has 5 heteroatoms. The van der Waals surface area contributed by atoms with Crippen molar-refractivity contribution in [2.75, 3.05) is 11.6 Å². The van der Waals surface area contributed by atoms with Gasteiger partial charge >= 0.3 is 0 Å². The van der Waals surface area contributed by atoms with Crippen molar-refractivity contribution in [1.82, 2.24) is 0 Å². The van der Waals surface area contributed by atoms with Crippen LogP contribution in [0.25, 0.3) is 0 Å². The number of rotatable bonds is 5. The third-order valence-electron chi connectivity index (χ3n) is 2.33. The van der Waals surface area contributed by atoms with Crippen molar-refractivity contribution in [1.29, 1.82) is 0 Å². The van der Waals surface area contributed by atoms with E-state index in [1.165, 1.54) is 12.1 Å². The topological polar surface area (TPSA) is 25.2 Å². The van der Waals surface area contributed by atoms with Crippen LogP contribution in [0.4, 0.5) is 10.1 Å². The molecule has 96 valence electrons. The van der Waals surface area contributed by atoms with Crippen molar-refractivity contribution in [3.8, 4) is 0 Å². The van der Waals surface area contributed by atoms with Gasteiger partial charge in [0.1, 0.15) is 17.3 Å². The van der Waals surface area contributed by atoms with Gasteiger partial charge in [0.2, 0.25) is 0 Å². The SMILES string of the molecule is CSCc1ccc(CNc2cc(F)cc(Cl)c2)o1. The predicted octanol–water partition coefficient (Wildman–Crippen LogP) is 4.55. The second-order valence-corrected chi connectivity index (χ2v) is 5.12. The van der Waals surface area contributed by atoms with Crippen LogP contribution in [-0.4, -0.2) is 6.26 Å². The monoisotopic (exact) mass is 285 g/mol. The molecule has 0 radical (unpaired) electrons. The van der Waals surface area contributed by atoms with E-state index in [-0.39, 0.29) is 5.82 Å². The Kier molecular flexibility index (Phi) is 4.55. The molecular formula is C13H13ClFNOS. The highest BCUT2D eigenvalue weighted by atomic mass is 35.5. The van der Waals surface area contributed by atoms with Crippen LogP contribution in [-0.2, 0) is 12.3 Å². The van der Waals surface area contributed by atoms with Crippen molar-refractivity contribution in [3.05, 3.63) is 52.7 Å². The van der Waals surface area contributed by atoms with Gasteiger partial charge in [0.05, 0.1) is 12.3 Å². The van der Waals surface area contributed by atoms with Crippen LogP contribution in [0.2, 0.25) is 5.02 Å². The Morgan fingerprint density at radius 3 is 2.78 bits per heavy atom. The lowest BCUT2D eigenvalue weighted by molar-refractivity contribution is 0.487. The lowest BCUT2D eigenvalue weighted by atomic mass is 10.3. The quantitative estimate of drug-likeness (QED) is 0.872. The number of thioether (sulfide) groups is 1. The molecule has 0 aliphatic heterocycles. The zero-order chi connectivity index (χ0) is 13.0. The summed E-state index contributed by atoms with van der Waals surface area (Å²) in [6.45, 7) is 0.508. The number of nitrogens with one attached hydrogen (secondary N) is 1. The minimum Gasteiger partial charge on any atom is -0.463 e. The highest BCUT2D eigenvalue weighted by Gasteiger charge is 2.03. The zero-order valence-corrected chi connectivity index (χ0v) is 11.4. The lowest BCUT2D eigenvalue weighted by Crippen LogP contribution is -1.98. The highest BCUT2D eigenvalue weighted by molar-refractivity contribution is 7.97. The zero-order valence-electron chi connectivity index (χ0n) is 9.87. The molecule has 0 spiro atoms. The second kappa shape index (κ2) is 6.16. The molecule has 0 bridgehead atoms. The van der Waals surface area contributed by atoms with E-state index in [1.54, 1.807) is 17.8 Å². The molecular weight excluding hydrogens is 273 g/mol. The molecule has 0 aliphatic rings. The fourth-order valence-corrected chi connectivity index (χ4v) is 2.24. The summed E-state index contributed by atoms with van der Waals surface area (Å²) in [7, 11) is 0. The van der Waals surface area contributed by atoms with Gasteiger partial charge in [-0.2, -0.15) is 11.8 Å². The van der Waals surface area contributed by atoms with Crippen LogP contribution >= 0.6 is 23.4 Å². The van der Waals surface area contributed by atoms with Crippen LogP contribution in [0.5, 0.6) is 0 Å². The van der Waals surface area contributed by atoms with Crippen molar-refractivity contribution < 1.29 is 8.81 Å². The first-order valence-corrected chi connectivity index (χ1v) is 7.21. The summed E-state index contributed by atoms with van der Waals surface area (Å²) in [5, 5.41) is 3.45. The van der Waals surface area contributed by atoms with Crippen LogP contribution in [0.1, 0.15) is 11.5 Å². The fourth-order valence-electron chi connectivity index (χ4n) is 1.58. The maximum atomic E-state index is 13.1. The van der Waals surface area contributed by atoms with Crippen LogP contribution in [0.3, 0.4) is 0 Å². The molecule has 1 heterocycles. The maximum absolute atomic E-state index is 13.1. The number of hydrogen-bond donors (Lipinski definition) is 1. The Hall–Kier alpha value is -1.13. The molecule has 2 nitrogen and oxygen atoms in total. The minimum atomic E-state index is -0.354. The molecule has 0 aliphatic carbocycles. The number of hydrogen-bond acceptors (Lipinski definition) is 3. The summed E-state index contributed by atoms with van der Waals surface area (Å²) in [5.41, 5.74) is 0.641. The lowest BCUT2D eigenvalue weighted by Gasteiger charge is -2.05. The highest BCUT2D eigenvalue weighted by Crippen LogP contribution is 2.19. The third-order valence-corrected chi connectivity index (χ3v) is 3.12. The average molecular weight is 286 g/mol. The van der Waals surface area contributed by atoms with Crippen molar-refractivity contribution in [3.63, 3.8) is 0 Å². The minimum absolute atomic E-state index is 0.354. The smallest absolute Gasteiger partial charge is 0.126 e. The Morgan fingerprint density at radius 1 is 1.28 bits per heavy atom. The second-order valence-electron chi connectivity index (χ2n) is 3.81. The molecule has 0 saturated carbocycles. The van der Waals surface area contributed by atoms with E-state index < -0.39 is 0 Å². The molecule has 0 amide bonds. The van der Waals surface area contributed by atoms with E-state index in [4.69, 9.17) is 16.0 Å². The van der Waals surface area contributed by atoms with Crippen LogP contribution in [0.15, 0.2) is 34.7 Å². The van der Waals surface area contributed by atoms with Gasteiger partial charge in [-0.05, 0) is 36.6 Å². The Morgan fingerprint density at radius 2 is 2.06 bits per heavy atom. The number of furan rings is 1. The Bertz CT molecular complexity index is 509. The summed E-state index contributed by atoms with van der Waals surface area (Å²) in [6, 6.07) is 8.22. The van der Waals surface area contributed by atoms with Crippen molar-refractivity contribution in [2.24, 2.45) is 0 Å². The predicted molar refractivity (Wildman–Crippen MR) is 74.7 cm³/mol. The first kappa shape index (κ1) is 13.3. The van der Waals surface area contributed by atoms with Gasteiger partial charge in [-0.3, -0.25) is 0 Å². The van der Waals surface area contributed by atoms with Gasteiger partial charge in [-0.25, -0.2) is 4.39 Å². The van der Waals surface area contributed by atoms with E-state index in [9.17, 15) is 4.39 Å². The van der Waals surface area contributed by atoms with Gasteiger partial charge in [0.25, 0.3) is 0 Å². The van der Waals surface area contributed by atoms with Crippen molar-refractivity contribution >= 4 is 29.1 Å². The summed E-state index contributed by atoms with van der Waals surface area (Å²) in [4.78, 5) is 0. The van der Waals surface area contributed by atoms with E-state index in [2.05, 4.69) is 5.32 Å². The Labute approximate surface area is 115 Å². The fraction of sp³-hybridized carbons (Fsp3) is 0.231. The van der Waals surface area contributed by atoms with Crippen molar-refractivity contribution in [2.45, 2.75) is 12.3 Å². The van der Waals surface area contributed by atoms with E-state index in [0.29, 0.717) is 17.3 Å². The van der Waals surface area contributed by atoms with Crippen LogP contribution < -0.4 is 5.32 Å². The molecule has 1 aromatic heterocycles.